The summed E-state index contributed by atoms with van der Waals surface area (Å²) in [5.41, 5.74) is 1.07. The van der Waals surface area contributed by atoms with Crippen LogP contribution < -0.4 is 25.0 Å². The Morgan fingerprint density at radius 2 is 2.08 bits per heavy atom. The molecule has 1 aliphatic heterocycles. The Labute approximate surface area is 155 Å². The lowest BCUT2D eigenvalue weighted by molar-refractivity contribution is -0.910. The summed E-state index contributed by atoms with van der Waals surface area (Å²) < 4.78 is 10.8. The molecule has 7 heteroatoms. The van der Waals surface area contributed by atoms with E-state index in [0.717, 1.165) is 54.2 Å². The summed E-state index contributed by atoms with van der Waals surface area (Å²) in [5.74, 6) is 1.26. The van der Waals surface area contributed by atoms with Gasteiger partial charge >= 0.3 is 6.03 Å². The number of urea groups is 1. The number of quaternary nitrogens is 1. The number of benzene rings is 1. The number of likely N-dealkylation sites (tertiary alicyclic amines) is 1. The first-order valence-electron chi connectivity index (χ1n) is 9.23. The summed E-state index contributed by atoms with van der Waals surface area (Å²) in [6.07, 6.45) is 3.91. The highest BCUT2D eigenvalue weighted by molar-refractivity contribution is 5.94. The molecule has 3 N–H and O–H groups in total. The molecule has 26 heavy (non-hydrogen) atoms. The second-order valence-electron chi connectivity index (χ2n) is 6.55. The Kier molecular flexibility index (Phi) is 7.72. The molecule has 0 bridgehead atoms. The number of amides is 3. The summed E-state index contributed by atoms with van der Waals surface area (Å²) in [4.78, 5) is 25.1. The molecule has 0 radical (unpaired) electrons. The van der Waals surface area contributed by atoms with Crippen LogP contribution >= 0.6 is 0 Å². The SMILES string of the molecule is CCCCNC(=O)NC(=O)C[NH+]1CCC[C@H]1c1ccc(OC)cc1OC. The molecule has 1 aliphatic rings. The Morgan fingerprint density at radius 3 is 2.77 bits per heavy atom. The van der Waals surface area contributed by atoms with Crippen LogP contribution in [0.15, 0.2) is 18.2 Å². The van der Waals surface area contributed by atoms with E-state index in [-0.39, 0.29) is 18.5 Å². The molecular formula is C19H30N3O4+. The maximum atomic E-state index is 12.2. The van der Waals surface area contributed by atoms with E-state index in [9.17, 15) is 9.59 Å². The van der Waals surface area contributed by atoms with E-state index in [1.165, 1.54) is 0 Å². The predicted octanol–water partition coefficient (Wildman–Crippen LogP) is 1.05. The highest BCUT2D eigenvalue weighted by Crippen LogP contribution is 2.31. The topological polar surface area (TPSA) is 81.1 Å². The van der Waals surface area contributed by atoms with Crippen molar-refractivity contribution in [3.05, 3.63) is 23.8 Å². The zero-order chi connectivity index (χ0) is 18.9. The summed E-state index contributed by atoms with van der Waals surface area (Å²) in [7, 11) is 3.26. The van der Waals surface area contributed by atoms with E-state index in [2.05, 4.69) is 17.6 Å². The molecule has 0 aromatic heterocycles. The van der Waals surface area contributed by atoms with Crippen LogP contribution in [0.2, 0.25) is 0 Å². The summed E-state index contributed by atoms with van der Waals surface area (Å²) >= 11 is 0. The fourth-order valence-electron chi connectivity index (χ4n) is 3.40. The number of ether oxygens (including phenoxy) is 2. The lowest BCUT2D eigenvalue weighted by Crippen LogP contribution is -3.11. The van der Waals surface area contributed by atoms with Gasteiger partial charge in [-0.1, -0.05) is 13.3 Å². The number of unbranched alkanes of at least 4 members (excludes halogenated alkanes) is 1. The van der Waals surface area contributed by atoms with Gasteiger partial charge in [0.15, 0.2) is 6.54 Å². The molecule has 1 aromatic rings. The van der Waals surface area contributed by atoms with Crippen molar-refractivity contribution in [2.75, 3.05) is 33.9 Å². The van der Waals surface area contributed by atoms with Crippen molar-refractivity contribution in [3.63, 3.8) is 0 Å². The van der Waals surface area contributed by atoms with Crippen LogP contribution in [0.4, 0.5) is 4.79 Å². The molecular weight excluding hydrogens is 334 g/mol. The number of rotatable bonds is 8. The first-order chi connectivity index (χ1) is 12.6. The van der Waals surface area contributed by atoms with E-state index in [1.54, 1.807) is 14.2 Å². The average Bonchev–Trinajstić information content (AvgIpc) is 3.08. The van der Waals surface area contributed by atoms with E-state index < -0.39 is 6.03 Å². The van der Waals surface area contributed by atoms with Gasteiger partial charge in [-0.2, -0.15) is 0 Å². The Balaban J connectivity index is 1.97. The number of hydrogen-bond acceptors (Lipinski definition) is 4. The number of methoxy groups -OCH3 is 2. The van der Waals surface area contributed by atoms with Crippen LogP contribution in [0.25, 0.3) is 0 Å². The lowest BCUT2D eigenvalue weighted by atomic mass is 10.0. The molecule has 7 nitrogen and oxygen atoms in total. The third-order valence-corrected chi connectivity index (χ3v) is 4.76. The molecule has 1 aromatic carbocycles. The normalized spacial score (nSPS) is 19.0. The smallest absolute Gasteiger partial charge is 0.321 e. The minimum Gasteiger partial charge on any atom is -0.497 e. The van der Waals surface area contributed by atoms with Crippen LogP contribution in [-0.2, 0) is 4.79 Å². The number of nitrogens with one attached hydrogen (secondary N) is 3. The second-order valence-corrected chi connectivity index (χ2v) is 6.55. The molecule has 1 unspecified atom stereocenters. The largest absolute Gasteiger partial charge is 0.497 e. The fraction of sp³-hybridized carbons (Fsp3) is 0.579. The van der Waals surface area contributed by atoms with Crippen molar-refractivity contribution >= 4 is 11.9 Å². The molecule has 3 amide bonds. The average molecular weight is 364 g/mol. The van der Waals surface area contributed by atoms with Crippen molar-refractivity contribution in [2.45, 2.75) is 38.6 Å². The first kappa shape index (κ1) is 20.0. The fourth-order valence-corrected chi connectivity index (χ4v) is 3.40. The quantitative estimate of drug-likeness (QED) is 0.603. The monoisotopic (exact) mass is 364 g/mol. The minimum atomic E-state index is -0.416. The number of carbonyl (C=O) groups excluding carboxylic acids is 2. The van der Waals surface area contributed by atoms with Gasteiger partial charge in [-0.05, 0) is 18.6 Å². The maximum absolute atomic E-state index is 12.2. The molecule has 0 aliphatic carbocycles. The summed E-state index contributed by atoms with van der Waals surface area (Å²) in [6, 6.07) is 5.54. The third-order valence-electron chi connectivity index (χ3n) is 4.76. The second kappa shape index (κ2) is 10.0. The number of carbonyl (C=O) groups is 2. The third kappa shape index (κ3) is 5.36. The van der Waals surface area contributed by atoms with Gasteiger partial charge in [0.05, 0.1) is 26.3 Å². The minimum absolute atomic E-state index is 0.171. The highest BCUT2D eigenvalue weighted by atomic mass is 16.5. The van der Waals surface area contributed by atoms with Crippen molar-refractivity contribution in [1.29, 1.82) is 0 Å². The van der Waals surface area contributed by atoms with Crippen LogP contribution in [-0.4, -0.2) is 45.8 Å². The number of hydrogen-bond donors (Lipinski definition) is 3. The Bertz CT molecular complexity index is 621. The molecule has 1 heterocycles. The van der Waals surface area contributed by atoms with Gasteiger partial charge in [-0.25, -0.2) is 4.79 Å². The molecule has 1 saturated heterocycles. The highest BCUT2D eigenvalue weighted by Gasteiger charge is 2.34. The molecule has 0 spiro atoms. The van der Waals surface area contributed by atoms with Crippen LogP contribution in [0.5, 0.6) is 11.5 Å². The van der Waals surface area contributed by atoms with Crippen molar-refractivity contribution in [3.8, 4) is 11.5 Å². The summed E-state index contributed by atoms with van der Waals surface area (Å²) in [5, 5.41) is 5.12. The predicted molar refractivity (Wildman–Crippen MR) is 98.7 cm³/mol. The first-order valence-corrected chi connectivity index (χ1v) is 9.23. The van der Waals surface area contributed by atoms with Crippen molar-refractivity contribution in [2.24, 2.45) is 0 Å². The van der Waals surface area contributed by atoms with Gasteiger partial charge in [0.2, 0.25) is 0 Å². The molecule has 0 saturated carbocycles. The van der Waals surface area contributed by atoms with Gasteiger partial charge in [-0.3, -0.25) is 10.1 Å². The van der Waals surface area contributed by atoms with E-state index in [1.807, 2.05) is 18.2 Å². The molecule has 2 atom stereocenters. The zero-order valence-corrected chi connectivity index (χ0v) is 15.9. The molecule has 2 rings (SSSR count). The zero-order valence-electron chi connectivity index (χ0n) is 15.9. The van der Waals surface area contributed by atoms with Crippen LogP contribution in [0.3, 0.4) is 0 Å². The van der Waals surface area contributed by atoms with E-state index in [4.69, 9.17) is 9.47 Å². The number of imide groups is 1. The molecule has 1 fully saturated rings. The summed E-state index contributed by atoms with van der Waals surface area (Å²) in [6.45, 7) is 3.79. The Morgan fingerprint density at radius 1 is 1.27 bits per heavy atom. The van der Waals surface area contributed by atoms with E-state index >= 15 is 0 Å². The molecule has 144 valence electrons. The Hall–Kier alpha value is -2.28. The van der Waals surface area contributed by atoms with Gasteiger partial charge in [0.1, 0.15) is 17.5 Å². The van der Waals surface area contributed by atoms with Gasteiger partial charge in [0, 0.05) is 25.5 Å². The van der Waals surface area contributed by atoms with Crippen LogP contribution in [0, 0.1) is 0 Å². The lowest BCUT2D eigenvalue weighted by Gasteiger charge is -2.23. The van der Waals surface area contributed by atoms with Crippen molar-refractivity contribution in [1.82, 2.24) is 10.6 Å². The van der Waals surface area contributed by atoms with Gasteiger partial charge in [-0.15, -0.1) is 0 Å². The standard InChI is InChI=1S/C19H29N3O4/c1-4-5-10-20-19(24)21-18(23)13-22-11-6-7-16(22)15-9-8-14(25-2)12-17(15)26-3/h8-9,12,16H,4-7,10-11,13H2,1-3H3,(H2,20,21,23,24)/p+1/t16-/m0/s1. The van der Waals surface area contributed by atoms with Crippen LogP contribution in [0.1, 0.15) is 44.2 Å². The van der Waals surface area contributed by atoms with Gasteiger partial charge < -0.3 is 19.7 Å². The van der Waals surface area contributed by atoms with Gasteiger partial charge in [0.25, 0.3) is 5.91 Å². The maximum Gasteiger partial charge on any atom is 0.321 e. The van der Waals surface area contributed by atoms with E-state index in [0.29, 0.717) is 6.54 Å². The van der Waals surface area contributed by atoms with Crippen molar-refractivity contribution < 1.29 is 24.0 Å².